The fourth-order valence-corrected chi connectivity index (χ4v) is 2.00. The number of hydrogen-bond acceptors (Lipinski definition) is 2. The molecule has 92 valence electrons. The van der Waals surface area contributed by atoms with Gasteiger partial charge in [0.25, 0.3) is 5.91 Å². The van der Waals surface area contributed by atoms with Gasteiger partial charge in [-0.15, -0.1) is 24.8 Å². The average Bonchev–Trinajstić information content (AvgIpc) is 2.53. The van der Waals surface area contributed by atoms with Gasteiger partial charge in [-0.25, -0.2) is 0 Å². The van der Waals surface area contributed by atoms with Crippen molar-refractivity contribution in [3.63, 3.8) is 0 Å². The van der Waals surface area contributed by atoms with E-state index in [1.54, 1.807) is 0 Å². The van der Waals surface area contributed by atoms with Gasteiger partial charge in [0.1, 0.15) is 5.69 Å². The van der Waals surface area contributed by atoms with E-state index in [1.165, 1.54) is 0 Å². The molecule has 0 spiro atoms. The number of amides is 1. The second-order valence-corrected chi connectivity index (χ2v) is 3.70. The van der Waals surface area contributed by atoms with Crippen LogP contribution in [0.15, 0.2) is 24.3 Å². The normalized spacial score (nSPS) is 14.0. The van der Waals surface area contributed by atoms with Gasteiger partial charge in [0.15, 0.2) is 0 Å². The molecule has 0 saturated carbocycles. The van der Waals surface area contributed by atoms with Gasteiger partial charge < -0.3 is 5.32 Å². The average molecular weight is 274 g/mol. The molecule has 1 aliphatic heterocycles. The molecule has 0 bridgehead atoms. The zero-order chi connectivity index (χ0) is 10.3. The van der Waals surface area contributed by atoms with Crippen LogP contribution in [0.5, 0.6) is 0 Å². The van der Waals surface area contributed by atoms with Crippen LogP contribution in [0, 0.1) is 0 Å². The number of halogens is 2. The highest BCUT2D eigenvalue weighted by molar-refractivity contribution is 6.05. The van der Waals surface area contributed by atoms with E-state index in [4.69, 9.17) is 0 Å². The van der Waals surface area contributed by atoms with Crippen LogP contribution < -0.4 is 5.32 Å². The third kappa shape index (κ3) is 2.23. The first-order valence-electron chi connectivity index (χ1n) is 5.10. The minimum atomic E-state index is -0.0128. The Morgan fingerprint density at radius 1 is 1.24 bits per heavy atom. The number of nitrogens with one attached hydrogen (secondary N) is 1. The van der Waals surface area contributed by atoms with Crippen molar-refractivity contribution in [2.75, 3.05) is 6.54 Å². The molecule has 2 heterocycles. The minimum absolute atomic E-state index is 0. The van der Waals surface area contributed by atoms with E-state index in [1.807, 2.05) is 28.9 Å². The topological polar surface area (TPSA) is 46.9 Å². The maximum atomic E-state index is 11.8. The number of aryl methyl sites for hydroxylation is 1. The van der Waals surface area contributed by atoms with Crippen molar-refractivity contribution in [1.82, 2.24) is 15.1 Å². The summed E-state index contributed by atoms with van der Waals surface area (Å²) in [4.78, 5) is 11.8. The van der Waals surface area contributed by atoms with Gasteiger partial charge in [-0.3, -0.25) is 9.48 Å². The van der Waals surface area contributed by atoms with Gasteiger partial charge in [-0.05, 0) is 12.5 Å². The van der Waals surface area contributed by atoms with Crippen molar-refractivity contribution in [3.8, 4) is 0 Å². The van der Waals surface area contributed by atoms with E-state index < -0.39 is 0 Å². The molecule has 17 heavy (non-hydrogen) atoms. The quantitative estimate of drug-likeness (QED) is 0.798. The molecule has 1 amide bonds. The molecule has 0 fully saturated rings. The largest absolute Gasteiger partial charge is 0.351 e. The standard InChI is InChI=1S/C11H11N3O.2ClH/c15-11-10-8-4-1-2-5-9(8)13-14(10)7-3-6-12-11;;/h1-2,4-5H,3,6-7H2,(H,12,15);2*1H. The number of fused-ring (bicyclic) bond motifs is 3. The fourth-order valence-electron chi connectivity index (χ4n) is 2.00. The smallest absolute Gasteiger partial charge is 0.270 e. The van der Waals surface area contributed by atoms with Crippen LogP contribution in [0.2, 0.25) is 0 Å². The summed E-state index contributed by atoms with van der Waals surface area (Å²) in [5.74, 6) is -0.0128. The first-order chi connectivity index (χ1) is 7.36. The second-order valence-electron chi connectivity index (χ2n) is 3.70. The highest BCUT2D eigenvalue weighted by atomic mass is 35.5. The molecule has 0 unspecified atom stereocenters. The molecule has 0 atom stereocenters. The molecule has 4 nitrogen and oxygen atoms in total. The van der Waals surface area contributed by atoms with Gasteiger partial charge in [0.2, 0.25) is 0 Å². The number of nitrogens with zero attached hydrogens (tertiary/aromatic N) is 2. The summed E-state index contributed by atoms with van der Waals surface area (Å²) in [7, 11) is 0. The zero-order valence-electron chi connectivity index (χ0n) is 9.05. The first kappa shape index (κ1) is 13.8. The van der Waals surface area contributed by atoms with E-state index >= 15 is 0 Å². The maximum Gasteiger partial charge on any atom is 0.270 e. The summed E-state index contributed by atoms with van der Waals surface area (Å²) in [6.07, 6.45) is 0.937. The predicted octanol–water partition coefficient (Wildman–Crippen LogP) is 2.01. The Hall–Kier alpha value is -1.26. The summed E-state index contributed by atoms with van der Waals surface area (Å²) >= 11 is 0. The molecule has 1 aromatic heterocycles. The molecule has 1 aliphatic rings. The van der Waals surface area contributed by atoms with Crippen LogP contribution in [-0.4, -0.2) is 22.2 Å². The number of carbonyl (C=O) groups excluding carboxylic acids is 1. The summed E-state index contributed by atoms with van der Waals surface area (Å²) in [6.45, 7) is 1.54. The lowest BCUT2D eigenvalue weighted by atomic mass is 10.2. The van der Waals surface area contributed by atoms with E-state index in [0.29, 0.717) is 5.69 Å². The lowest BCUT2D eigenvalue weighted by Gasteiger charge is -1.99. The van der Waals surface area contributed by atoms with Crippen LogP contribution in [0.1, 0.15) is 16.9 Å². The zero-order valence-corrected chi connectivity index (χ0v) is 10.7. The Morgan fingerprint density at radius 2 is 2.00 bits per heavy atom. The Balaban J connectivity index is 0.000000722. The van der Waals surface area contributed by atoms with Crippen LogP contribution >= 0.6 is 24.8 Å². The first-order valence-corrected chi connectivity index (χ1v) is 5.10. The number of rotatable bonds is 0. The molecule has 0 aliphatic carbocycles. The molecular formula is C11H13Cl2N3O. The summed E-state index contributed by atoms with van der Waals surface area (Å²) in [5.41, 5.74) is 1.59. The van der Waals surface area contributed by atoms with Crippen molar-refractivity contribution in [1.29, 1.82) is 0 Å². The summed E-state index contributed by atoms with van der Waals surface area (Å²) in [6, 6.07) is 7.75. The number of benzene rings is 1. The van der Waals surface area contributed by atoms with Gasteiger partial charge in [0.05, 0.1) is 5.52 Å². The molecule has 1 N–H and O–H groups in total. The van der Waals surface area contributed by atoms with Crippen LogP contribution in [0.4, 0.5) is 0 Å². The van der Waals surface area contributed by atoms with Crippen molar-refractivity contribution < 1.29 is 4.79 Å². The van der Waals surface area contributed by atoms with Crippen LogP contribution in [0.25, 0.3) is 10.9 Å². The van der Waals surface area contributed by atoms with Gasteiger partial charge >= 0.3 is 0 Å². The summed E-state index contributed by atoms with van der Waals surface area (Å²) < 4.78 is 1.81. The molecular weight excluding hydrogens is 261 g/mol. The lowest BCUT2D eigenvalue weighted by molar-refractivity contribution is 0.0952. The molecule has 3 rings (SSSR count). The van der Waals surface area contributed by atoms with Crippen LogP contribution in [-0.2, 0) is 6.54 Å². The highest BCUT2D eigenvalue weighted by Crippen LogP contribution is 2.19. The Morgan fingerprint density at radius 3 is 2.82 bits per heavy atom. The van der Waals surface area contributed by atoms with Crippen LogP contribution in [0.3, 0.4) is 0 Å². The monoisotopic (exact) mass is 273 g/mol. The van der Waals surface area contributed by atoms with E-state index in [2.05, 4.69) is 10.4 Å². The Labute approximate surface area is 111 Å². The van der Waals surface area contributed by atoms with Crippen molar-refractivity contribution >= 4 is 41.6 Å². The molecule has 6 heteroatoms. The summed E-state index contributed by atoms with van der Waals surface area (Å²) in [5, 5.41) is 8.24. The number of hydrogen-bond donors (Lipinski definition) is 1. The number of aromatic nitrogens is 2. The fraction of sp³-hybridized carbons (Fsp3) is 0.273. The second kappa shape index (κ2) is 5.38. The SMILES string of the molecule is Cl.Cl.O=C1NCCCn2nc3ccccc3c21. The lowest BCUT2D eigenvalue weighted by Crippen LogP contribution is -2.23. The van der Waals surface area contributed by atoms with E-state index in [0.717, 1.165) is 30.4 Å². The minimum Gasteiger partial charge on any atom is -0.351 e. The molecule has 1 aromatic carbocycles. The van der Waals surface area contributed by atoms with Crippen molar-refractivity contribution in [2.45, 2.75) is 13.0 Å². The van der Waals surface area contributed by atoms with Gasteiger partial charge in [-0.1, -0.05) is 18.2 Å². The highest BCUT2D eigenvalue weighted by Gasteiger charge is 2.19. The van der Waals surface area contributed by atoms with Gasteiger partial charge in [-0.2, -0.15) is 5.10 Å². The van der Waals surface area contributed by atoms with E-state index in [-0.39, 0.29) is 30.7 Å². The number of carbonyl (C=O) groups is 1. The van der Waals surface area contributed by atoms with Gasteiger partial charge in [0, 0.05) is 18.5 Å². The third-order valence-corrected chi connectivity index (χ3v) is 2.69. The van der Waals surface area contributed by atoms with Crippen molar-refractivity contribution in [3.05, 3.63) is 30.0 Å². The Bertz CT molecular complexity index is 538. The molecule has 2 aromatic rings. The maximum absolute atomic E-state index is 11.8. The van der Waals surface area contributed by atoms with E-state index in [9.17, 15) is 4.79 Å². The molecule has 0 saturated heterocycles. The Kier molecular flexibility index (Phi) is 4.37. The van der Waals surface area contributed by atoms with Crippen molar-refractivity contribution in [2.24, 2.45) is 0 Å². The predicted molar refractivity (Wildman–Crippen MR) is 71.2 cm³/mol. The molecule has 0 radical (unpaired) electrons. The third-order valence-electron chi connectivity index (χ3n) is 2.69.